The predicted molar refractivity (Wildman–Crippen MR) is 87.4 cm³/mol. The Kier molecular flexibility index (Phi) is 4.93. The van der Waals surface area contributed by atoms with Gasteiger partial charge in [0.1, 0.15) is 6.07 Å². The zero-order valence-corrected chi connectivity index (χ0v) is 13.7. The molecule has 0 amide bonds. The molecule has 2 nitrogen and oxygen atoms in total. The zero-order chi connectivity index (χ0) is 14.7. The lowest BCUT2D eigenvalue weighted by molar-refractivity contribution is 0.884. The van der Waals surface area contributed by atoms with Crippen molar-refractivity contribution in [2.24, 2.45) is 0 Å². The van der Waals surface area contributed by atoms with E-state index in [0.717, 1.165) is 15.7 Å². The predicted octanol–water partition coefficient (Wildman–Crippen LogP) is 5.80. The molecule has 1 unspecified atom stereocenters. The lowest BCUT2D eigenvalue weighted by Crippen LogP contribution is -2.08. The molecule has 0 bridgehead atoms. The Bertz CT molecular complexity index is 680. The molecular formula is C15H11BrCl2N2. The molecule has 102 valence electrons. The average molecular weight is 370 g/mol. The van der Waals surface area contributed by atoms with Crippen LogP contribution in [0.4, 0.5) is 5.69 Å². The molecule has 0 aliphatic heterocycles. The second-order valence-corrected chi connectivity index (χ2v) is 6.09. The van der Waals surface area contributed by atoms with Gasteiger partial charge in [-0.2, -0.15) is 5.26 Å². The van der Waals surface area contributed by atoms with Gasteiger partial charge in [0, 0.05) is 14.5 Å². The van der Waals surface area contributed by atoms with E-state index in [9.17, 15) is 0 Å². The van der Waals surface area contributed by atoms with Crippen molar-refractivity contribution >= 4 is 44.8 Å². The molecule has 0 saturated carbocycles. The molecule has 1 N–H and O–H groups in total. The van der Waals surface area contributed by atoms with Crippen LogP contribution in [0.2, 0.25) is 10.0 Å². The molecule has 2 aromatic carbocycles. The first-order chi connectivity index (χ1) is 9.51. The number of anilines is 1. The van der Waals surface area contributed by atoms with Gasteiger partial charge < -0.3 is 5.32 Å². The Morgan fingerprint density at radius 2 is 1.95 bits per heavy atom. The van der Waals surface area contributed by atoms with Gasteiger partial charge in [-0.1, -0.05) is 45.2 Å². The molecule has 0 fully saturated rings. The summed E-state index contributed by atoms with van der Waals surface area (Å²) in [6, 6.07) is 13.1. The number of hydrogen-bond donors (Lipinski definition) is 1. The van der Waals surface area contributed by atoms with Crippen LogP contribution in [0.3, 0.4) is 0 Å². The van der Waals surface area contributed by atoms with Gasteiger partial charge in [0.2, 0.25) is 0 Å². The highest BCUT2D eigenvalue weighted by atomic mass is 79.9. The van der Waals surface area contributed by atoms with Crippen LogP contribution >= 0.6 is 39.1 Å². The second kappa shape index (κ2) is 6.49. The van der Waals surface area contributed by atoms with Gasteiger partial charge >= 0.3 is 0 Å². The van der Waals surface area contributed by atoms with Gasteiger partial charge in [0.25, 0.3) is 0 Å². The van der Waals surface area contributed by atoms with E-state index in [1.54, 1.807) is 18.2 Å². The largest absolute Gasteiger partial charge is 0.377 e. The van der Waals surface area contributed by atoms with E-state index < -0.39 is 0 Å². The Morgan fingerprint density at radius 1 is 1.20 bits per heavy atom. The molecule has 20 heavy (non-hydrogen) atoms. The minimum Gasteiger partial charge on any atom is -0.377 e. The molecule has 2 aromatic rings. The van der Waals surface area contributed by atoms with Crippen LogP contribution in [0, 0.1) is 11.3 Å². The Labute approximate surface area is 136 Å². The summed E-state index contributed by atoms with van der Waals surface area (Å²) in [6.07, 6.45) is 0. The highest BCUT2D eigenvalue weighted by Gasteiger charge is 2.12. The molecule has 2 rings (SSSR count). The van der Waals surface area contributed by atoms with Crippen molar-refractivity contribution in [3.8, 4) is 6.07 Å². The third kappa shape index (κ3) is 3.46. The minimum atomic E-state index is -0.0342. The molecular weight excluding hydrogens is 359 g/mol. The summed E-state index contributed by atoms with van der Waals surface area (Å²) in [4.78, 5) is 0. The highest BCUT2D eigenvalue weighted by molar-refractivity contribution is 9.10. The van der Waals surface area contributed by atoms with E-state index in [2.05, 4.69) is 27.3 Å². The fourth-order valence-electron chi connectivity index (χ4n) is 1.90. The monoisotopic (exact) mass is 368 g/mol. The molecule has 0 aromatic heterocycles. The number of halogens is 3. The minimum absolute atomic E-state index is 0.0342. The normalized spacial score (nSPS) is 11.8. The molecule has 0 spiro atoms. The van der Waals surface area contributed by atoms with Gasteiger partial charge in [-0.25, -0.2) is 0 Å². The SMILES string of the molecule is CC(Nc1ccc(Br)cc1C#N)c1ccc(Cl)cc1Cl. The van der Waals surface area contributed by atoms with Crippen molar-refractivity contribution in [3.63, 3.8) is 0 Å². The summed E-state index contributed by atoms with van der Waals surface area (Å²) in [7, 11) is 0. The van der Waals surface area contributed by atoms with Crippen LogP contribution in [0.5, 0.6) is 0 Å². The maximum atomic E-state index is 9.16. The van der Waals surface area contributed by atoms with Crippen LogP contribution < -0.4 is 5.32 Å². The molecule has 5 heteroatoms. The van der Waals surface area contributed by atoms with Crippen molar-refractivity contribution in [3.05, 3.63) is 62.0 Å². The van der Waals surface area contributed by atoms with E-state index in [-0.39, 0.29) is 6.04 Å². The number of nitrogens with zero attached hydrogens (tertiary/aromatic N) is 1. The van der Waals surface area contributed by atoms with E-state index in [4.69, 9.17) is 28.5 Å². The topological polar surface area (TPSA) is 35.8 Å². The van der Waals surface area contributed by atoms with Gasteiger partial charge in [-0.05, 0) is 42.8 Å². The zero-order valence-electron chi connectivity index (χ0n) is 10.6. The standard InChI is InChI=1S/C15H11BrCl2N2/c1-9(13-4-3-12(17)7-14(13)18)20-15-5-2-11(16)6-10(15)8-19/h2-7,9,20H,1H3. The average Bonchev–Trinajstić information content (AvgIpc) is 2.40. The molecule has 0 heterocycles. The lowest BCUT2D eigenvalue weighted by atomic mass is 10.1. The Balaban J connectivity index is 2.28. The fraction of sp³-hybridized carbons (Fsp3) is 0.133. The summed E-state index contributed by atoms with van der Waals surface area (Å²) in [5.41, 5.74) is 2.29. The van der Waals surface area contributed by atoms with Crippen LogP contribution in [0.1, 0.15) is 24.1 Å². The van der Waals surface area contributed by atoms with Crippen LogP contribution in [0.25, 0.3) is 0 Å². The van der Waals surface area contributed by atoms with E-state index in [0.29, 0.717) is 15.6 Å². The molecule has 1 atom stereocenters. The number of benzene rings is 2. The quantitative estimate of drug-likeness (QED) is 0.741. The molecule has 0 saturated heterocycles. The van der Waals surface area contributed by atoms with Crippen molar-refractivity contribution in [1.82, 2.24) is 0 Å². The highest BCUT2D eigenvalue weighted by Crippen LogP contribution is 2.30. The fourth-order valence-corrected chi connectivity index (χ4v) is 2.83. The number of nitriles is 1. The van der Waals surface area contributed by atoms with E-state index in [1.165, 1.54) is 0 Å². The molecule has 0 aliphatic rings. The lowest BCUT2D eigenvalue weighted by Gasteiger charge is -2.18. The third-order valence-electron chi connectivity index (χ3n) is 2.90. The van der Waals surface area contributed by atoms with Gasteiger partial charge in [0.15, 0.2) is 0 Å². The molecule has 0 aliphatic carbocycles. The first-order valence-electron chi connectivity index (χ1n) is 5.92. The molecule has 0 radical (unpaired) electrons. The summed E-state index contributed by atoms with van der Waals surface area (Å²) < 4.78 is 0.872. The van der Waals surface area contributed by atoms with Gasteiger partial charge in [-0.15, -0.1) is 0 Å². The Morgan fingerprint density at radius 3 is 2.60 bits per heavy atom. The van der Waals surface area contributed by atoms with Gasteiger partial charge in [-0.3, -0.25) is 0 Å². The van der Waals surface area contributed by atoms with Crippen molar-refractivity contribution in [2.45, 2.75) is 13.0 Å². The van der Waals surface area contributed by atoms with Crippen LogP contribution in [0.15, 0.2) is 40.9 Å². The number of nitrogens with one attached hydrogen (secondary N) is 1. The van der Waals surface area contributed by atoms with Crippen molar-refractivity contribution < 1.29 is 0 Å². The Hall–Kier alpha value is -1.21. The van der Waals surface area contributed by atoms with Gasteiger partial charge in [0.05, 0.1) is 17.3 Å². The second-order valence-electron chi connectivity index (χ2n) is 4.33. The summed E-state index contributed by atoms with van der Waals surface area (Å²) in [5.74, 6) is 0. The summed E-state index contributed by atoms with van der Waals surface area (Å²) in [5, 5.41) is 13.7. The summed E-state index contributed by atoms with van der Waals surface area (Å²) in [6.45, 7) is 1.98. The maximum absolute atomic E-state index is 9.16. The first kappa shape index (κ1) is 15.2. The third-order valence-corrected chi connectivity index (χ3v) is 3.96. The van der Waals surface area contributed by atoms with Crippen LogP contribution in [-0.4, -0.2) is 0 Å². The summed E-state index contributed by atoms with van der Waals surface area (Å²) >= 11 is 15.4. The number of hydrogen-bond acceptors (Lipinski definition) is 2. The first-order valence-corrected chi connectivity index (χ1v) is 7.47. The van der Waals surface area contributed by atoms with Crippen molar-refractivity contribution in [1.29, 1.82) is 5.26 Å². The smallest absolute Gasteiger partial charge is 0.101 e. The van der Waals surface area contributed by atoms with E-state index in [1.807, 2.05) is 25.1 Å². The van der Waals surface area contributed by atoms with Crippen molar-refractivity contribution in [2.75, 3.05) is 5.32 Å². The van der Waals surface area contributed by atoms with E-state index >= 15 is 0 Å². The number of rotatable bonds is 3. The van der Waals surface area contributed by atoms with Crippen LogP contribution in [-0.2, 0) is 0 Å². The maximum Gasteiger partial charge on any atom is 0.101 e.